The summed E-state index contributed by atoms with van der Waals surface area (Å²) >= 11 is 0. The maximum absolute atomic E-state index is 10.7. The topological polar surface area (TPSA) is 112 Å². The van der Waals surface area contributed by atoms with Crippen molar-refractivity contribution in [1.29, 1.82) is 0 Å². The van der Waals surface area contributed by atoms with E-state index in [9.17, 15) is 9.59 Å². The molecule has 114 valence electrons. The van der Waals surface area contributed by atoms with E-state index in [-0.39, 0.29) is 39.6 Å². The molecule has 0 saturated heterocycles. The number of aliphatic hydroxyl groups excluding tert-OH is 2. The summed E-state index contributed by atoms with van der Waals surface area (Å²) in [7, 11) is 0. The minimum Gasteiger partial charge on any atom is -0.502 e. The van der Waals surface area contributed by atoms with Gasteiger partial charge in [-0.2, -0.15) is 0 Å². The van der Waals surface area contributed by atoms with Crippen LogP contribution in [0.2, 0.25) is 0 Å². The summed E-state index contributed by atoms with van der Waals surface area (Å²) in [6.07, 6.45) is 0. The first-order chi connectivity index (χ1) is 9.45. The molecule has 8 heteroatoms. The molecule has 20 heavy (non-hydrogen) atoms. The Morgan fingerprint density at radius 2 is 1.00 bits per heavy atom. The SMILES string of the molecule is C=C(O)C(=O)OCCOCCOCCOC(=O)C(=C)O. The number of hydrogen-bond donors (Lipinski definition) is 2. The maximum Gasteiger partial charge on any atom is 0.372 e. The number of ether oxygens (including phenoxy) is 4. The Morgan fingerprint density at radius 3 is 1.30 bits per heavy atom. The third-order valence-corrected chi connectivity index (χ3v) is 1.76. The van der Waals surface area contributed by atoms with E-state index in [0.717, 1.165) is 0 Å². The van der Waals surface area contributed by atoms with Crippen molar-refractivity contribution in [3.63, 3.8) is 0 Å². The number of hydrogen-bond acceptors (Lipinski definition) is 8. The molecule has 0 saturated carbocycles. The Morgan fingerprint density at radius 1 is 0.700 bits per heavy atom. The summed E-state index contributed by atoms with van der Waals surface area (Å²) in [5.74, 6) is -3.10. The summed E-state index contributed by atoms with van der Waals surface area (Å²) in [6.45, 7) is 6.82. The second-order valence-corrected chi connectivity index (χ2v) is 3.39. The third kappa shape index (κ3) is 9.92. The molecule has 0 aromatic rings. The molecule has 2 N–H and O–H groups in total. The van der Waals surface area contributed by atoms with Crippen LogP contribution in [-0.4, -0.2) is 61.8 Å². The van der Waals surface area contributed by atoms with Crippen LogP contribution in [0, 0.1) is 0 Å². The first-order valence-electron chi connectivity index (χ1n) is 5.70. The van der Waals surface area contributed by atoms with Crippen LogP contribution in [0.25, 0.3) is 0 Å². The average molecular weight is 290 g/mol. The highest BCUT2D eigenvalue weighted by atomic mass is 16.6. The Bertz CT molecular complexity index is 315. The highest BCUT2D eigenvalue weighted by molar-refractivity contribution is 5.85. The number of aliphatic hydroxyl groups is 2. The monoisotopic (exact) mass is 290 g/mol. The van der Waals surface area contributed by atoms with E-state index >= 15 is 0 Å². The molecular weight excluding hydrogens is 272 g/mol. The molecule has 0 aromatic carbocycles. The van der Waals surface area contributed by atoms with E-state index in [1.54, 1.807) is 0 Å². The van der Waals surface area contributed by atoms with Crippen LogP contribution in [0.15, 0.2) is 24.7 Å². The number of carbonyl (C=O) groups excluding carboxylic acids is 2. The molecule has 0 heterocycles. The van der Waals surface area contributed by atoms with E-state index < -0.39 is 23.5 Å². The van der Waals surface area contributed by atoms with Gasteiger partial charge in [0.2, 0.25) is 0 Å². The summed E-state index contributed by atoms with van der Waals surface area (Å²) in [5, 5.41) is 17.3. The van der Waals surface area contributed by atoms with Crippen LogP contribution in [-0.2, 0) is 28.5 Å². The standard InChI is InChI=1S/C12H18O8/c1-9(13)11(15)19-7-5-17-3-4-18-6-8-20-12(16)10(2)14/h13-14H,1-8H2. The number of carbonyl (C=O) groups is 2. The van der Waals surface area contributed by atoms with E-state index in [1.165, 1.54) is 0 Å². The molecule has 0 aliphatic carbocycles. The van der Waals surface area contributed by atoms with E-state index in [4.69, 9.17) is 19.7 Å². The zero-order valence-electron chi connectivity index (χ0n) is 11.0. The average Bonchev–Trinajstić information content (AvgIpc) is 2.39. The highest BCUT2D eigenvalue weighted by Gasteiger charge is 2.05. The van der Waals surface area contributed by atoms with Crippen molar-refractivity contribution in [2.75, 3.05) is 39.6 Å². The van der Waals surface area contributed by atoms with Crippen LogP contribution in [0.4, 0.5) is 0 Å². The Labute approximate surface area is 116 Å². The van der Waals surface area contributed by atoms with Gasteiger partial charge in [0, 0.05) is 0 Å². The molecule has 0 aromatic heterocycles. The van der Waals surface area contributed by atoms with Crippen molar-refractivity contribution in [2.45, 2.75) is 0 Å². The molecule has 0 rings (SSSR count). The molecule has 0 aliphatic rings. The van der Waals surface area contributed by atoms with E-state index in [2.05, 4.69) is 22.6 Å². The lowest BCUT2D eigenvalue weighted by atomic mass is 10.6. The summed E-state index contributed by atoms with van der Waals surface area (Å²) in [5.41, 5.74) is 0. The van der Waals surface area contributed by atoms with Gasteiger partial charge in [0.05, 0.1) is 26.4 Å². The van der Waals surface area contributed by atoms with Gasteiger partial charge in [0.25, 0.3) is 0 Å². The first-order valence-corrected chi connectivity index (χ1v) is 5.70. The molecule has 0 spiro atoms. The molecule has 0 unspecified atom stereocenters. The van der Waals surface area contributed by atoms with Crippen molar-refractivity contribution in [3.8, 4) is 0 Å². The quantitative estimate of drug-likeness (QED) is 0.241. The number of esters is 2. The van der Waals surface area contributed by atoms with Gasteiger partial charge in [-0.25, -0.2) is 9.59 Å². The molecule has 0 amide bonds. The normalized spacial score (nSPS) is 9.80. The van der Waals surface area contributed by atoms with Gasteiger partial charge in [-0.1, -0.05) is 0 Å². The van der Waals surface area contributed by atoms with Crippen LogP contribution in [0.1, 0.15) is 0 Å². The smallest absolute Gasteiger partial charge is 0.372 e. The fourth-order valence-corrected chi connectivity index (χ4v) is 0.875. The van der Waals surface area contributed by atoms with Gasteiger partial charge in [-0.3, -0.25) is 0 Å². The van der Waals surface area contributed by atoms with Gasteiger partial charge >= 0.3 is 11.9 Å². The fraction of sp³-hybridized carbons (Fsp3) is 0.500. The Balaban J connectivity index is 3.25. The van der Waals surface area contributed by atoms with Gasteiger partial charge in [0.15, 0.2) is 11.5 Å². The second-order valence-electron chi connectivity index (χ2n) is 3.39. The van der Waals surface area contributed by atoms with Crippen LogP contribution in [0.3, 0.4) is 0 Å². The number of rotatable bonds is 11. The summed E-state index contributed by atoms with van der Waals surface area (Å²) in [4.78, 5) is 21.5. The van der Waals surface area contributed by atoms with Gasteiger partial charge in [0.1, 0.15) is 13.2 Å². The minimum atomic E-state index is -0.892. The Hall–Kier alpha value is -2.06. The van der Waals surface area contributed by atoms with E-state index in [1.807, 2.05) is 0 Å². The summed E-state index contributed by atoms with van der Waals surface area (Å²) < 4.78 is 19.2. The van der Waals surface area contributed by atoms with Gasteiger partial charge in [-0.15, -0.1) is 0 Å². The van der Waals surface area contributed by atoms with Crippen LogP contribution >= 0.6 is 0 Å². The molecule has 8 nitrogen and oxygen atoms in total. The van der Waals surface area contributed by atoms with Crippen molar-refractivity contribution < 1.29 is 38.7 Å². The fourth-order valence-electron chi connectivity index (χ4n) is 0.875. The van der Waals surface area contributed by atoms with Crippen LogP contribution < -0.4 is 0 Å². The second kappa shape index (κ2) is 10.8. The van der Waals surface area contributed by atoms with Crippen molar-refractivity contribution in [3.05, 3.63) is 24.7 Å². The molecule has 0 bridgehead atoms. The summed E-state index contributed by atoms with van der Waals surface area (Å²) in [6, 6.07) is 0. The van der Waals surface area contributed by atoms with Gasteiger partial charge < -0.3 is 29.2 Å². The maximum atomic E-state index is 10.7. The van der Waals surface area contributed by atoms with Crippen molar-refractivity contribution in [2.24, 2.45) is 0 Å². The lowest BCUT2D eigenvalue weighted by molar-refractivity contribution is -0.145. The van der Waals surface area contributed by atoms with Crippen molar-refractivity contribution in [1.82, 2.24) is 0 Å². The minimum absolute atomic E-state index is 0.00532. The van der Waals surface area contributed by atoms with Crippen LogP contribution in [0.5, 0.6) is 0 Å². The highest BCUT2D eigenvalue weighted by Crippen LogP contribution is 1.90. The van der Waals surface area contributed by atoms with Gasteiger partial charge in [-0.05, 0) is 13.2 Å². The molecule has 0 fully saturated rings. The zero-order chi connectivity index (χ0) is 15.4. The lowest BCUT2D eigenvalue weighted by Crippen LogP contribution is -2.15. The molecular formula is C12H18O8. The Kier molecular flexibility index (Phi) is 9.71. The van der Waals surface area contributed by atoms with E-state index in [0.29, 0.717) is 0 Å². The first kappa shape index (κ1) is 17.9. The molecule has 0 radical (unpaired) electrons. The lowest BCUT2D eigenvalue weighted by Gasteiger charge is -2.07. The third-order valence-electron chi connectivity index (χ3n) is 1.76. The predicted octanol–water partition coefficient (Wildman–Crippen LogP) is 0.249. The van der Waals surface area contributed by atoms with Crippen molar-refractivity contribution >= 4 is 11.9 Å². The predicted molar refractivity (Wildman–Crippen MR) is 67.1 cm³/mol. The zero-order valence-corrected chi connectivity index (χ0v) is 11.0. The molecule has 0 atom stereocenters. The molecule has 0 aliphatic heterocycles. The largest absolute Gasteiger partial charge is 0.502 e.